The highest BCUT2D eigenvalue weighted by atomic mass is 32.2. The summed E-state index contributed by atoms with van der Waals surface area (Å²) in [5.41, 5.74) is 0. The molecular weight excluding hydrogens is 322 g/mol. The summed E-state index contributed by atoms with van der Waals surface area (Å²) in [6.45, 7) is 1.69. The van der Waals surface area contributed by atoms with E-state index in [1.54, 1.807) is 18.2 Å². The van der Waals surface area contributed by atoms with Gasteiger partial charge in [0, 0.05) is 26.7 Å². The van der Waals surface area contributed by atoms with Gasteiger partial charge in [-0.3, -0.25) is 4.79 Å². The molecule has 8 nitrogen and oxygen atoms in total. The van der Waals surface area contributed by atoms with Crippen LogP contribution in [0.25, 0.3) is 0 Å². The SMILES string of the molecule is CC(CN(C)C(=O)NCCNS(=O)(=O)c1ccccc1)C(=O)O. The van der Waals surface area contributed by atoms with Gasteiger partial charge in [0.25, 0.3) is 0 Å². The van der Waals surface area contributed by atoms with E-state index in [2.05, 4.69) is 10.0 Å². The van der Waals surface area contributed by atoms with Crippen molar-refractivity contribution in [1.82, 2.24) is 14.9 Å². The number of aliphatic carboxylic acids is 1. The average Bonchev–Trinajstić information content (AvgIpc) is 2.52. The van der Waals surface area contributed by atoms with Crippen LogP contribution < -0.4 is 10.0 Å². The molecule has 1 rings (SSSR count). The number of carboxylic acid groups (broad SMARTS) is 1. The lowest BCUT2D eigenvalue weighted by atomic mass is 10.2. The fourth-order valence-corrected chi connectivity index (χ4v) is 2.80. The lowest BCUT2D eigenvalue weighted by molar-refractivity contribution is -0.141. The van der Waals surface area contributed by atoms with Gasteiger partial charge in [0.1, 0.15) is 0 Å². The normalized spacial score (nSPS) is 12.4. The molecule has 9 heteroatoms. The highest BCUT2D eigenvalue weighted by Gasteiger charge is 2.17. The summed E-state index contributed by atoms with van der Waals surface area (Å²) < 4.78 is 26.2. The standard InChI is InChI=1S/C14H21N3O5S/c1-11(13(18)19)10-17(2)14(20)15-8-9-16-23(21,22)12-6-4-3-5-7-12/h3-7,11,16H,8-10H2,1-2H3,(H,15,20)(H,18,19). The van der Waals surface area contributed by atoms with Crippen molar-refractivity contribution in [3.05, 3.63) is 30.3 Å². The third kappa shape index (κ3) is 6.25. The van der Waals surface area contributed by atoms with Gasteiger partial charge in [0.15, 0.2) is 0 Å². The first-order chi connectivity index (χ1) is 10.7. The smallest absolute Gasteiger partial charge is 0.317 e. The maximum absolute atomic E-state index is 11.9. The van der Waals surface area contributed by atoms with Gasteiger partial charge in [0.05, 0.1) is 10.8 Å². The van der Waals surface area contributed by atoms with Crippen molar-refractivity contribution in [1.29, 1.82) is 0 Å². The quantitative estimate of drug-likeness (QED) is 0.588. The van der Waals surface area contributed by atoms with Gasteiger partial charge >= 0.3 is 12.0 Å². The highest BCUT2D eigenvalue weighted by Crippen LogP contribution is 2.06. The number of hydrogen-bond acceptors (Lipinski definition) is 4. The Bertz CT molecular complexity index is 633. The van der Waals surface area contributed by atoms with Crippen molar-refractivity contribution >= 4 is 22.0 Å². The zero-order valence-corrected chi connectivity index (χ0v) is 13.8. The van der Waals surface area contributed by atoms with Crippen molar-refractivity contribution in [2.24, 2.45) is 5.92 Å². The van der Waals surface area contributed by atoms with Gasteiger partial charge in [-0.15, -0.1) is 0 Å². The molecule has 128 valence electrons. The Morgan fingerprint density at radius 3 is 2.39 bits per heavy atom. The monoisotopic (exact) mass is 343 g/mol. The Balaban J connectivity index is 2.37. The summed E-state index contributed by atoms with van der Waals surface area (Å²) in [7, 11) is -2.13. The fourth-order valence-electron chi connectivity index (χ4n) is 1.74. The maximum Gasteiger partial charge on any atom is 0.317 e. The molecule has 0 fully saturated rings. The molecule has 0 aliphatic heterocycles. The number of hydrogen-bond donors (Lipinski definition) is 3. The molecule has 3 N–H and O–H groups in total. The molecule has 23 heavy (non-hydrogen) atoms. The van der Waals surface area contributed by atoms with Crippen LogP contribution in [-0.2, 0) is 14.8 Å². The summed E-state index contributed by atoms with van der Waals surface area (Å²) in [6.07, 6.45) is 0. The number of carbonyl (C=O) groups excluding carboxylic acids is 1. The molecule has 0 heterocycles. The number of amides is 2. The number of nitrogens with one attached hydrogen (secondary N) is 2. The minimum atomic E-state index is -3.60. The van der Waals surface area contributed by atoms with E-state index in [4.69, 9.17) is 5.11 Å². The van der Waals surface area contributed by atoms with Crippen molar-refractivity contribution in [2.75, 3.05) is 26.7 Å². The lowest BCUT2D eigenvalue weighted by Crippen LogP contribution is -2.43. The summed E-state index contributed by atoms with van der Waals surface area (Å²) in [5.74, 6) is -1.66. The zero-order chi connectivity index (χ0) is 17.5. The van der Waals surface area contributed by atoms with Crippen LogP contribution in [0, 0.1) is 5.92 Å². The van der Waals surface area contributed by atoms with E-state index in [0.717, 1.165) is 0 Å². The number of nitrogens with zero attached hydrogens (tertiary/aromatic N) is 1. The third-order valence-electron chi connectivity index (χ3n) is 3.06. The third-order valence-corrected chi connectivity index (χ3v) is 4.54. The zero-order valence-electron chi connectivity index (χ0n) is 13.0. The van der Waals surface area contributed by atoms with Crippen molar-refractivity contribution in [3.8, 4) is 0 Å². The van der Waals surface area contributed by atoms with Gasteiger partial charge < -0.3 is 15.3 Å². The van der Waals surface area contributed by atoms with Crippen LogP contribution in [0.1, 0.15) is 6.92 Å². The summed E-state index contributed by atoms with van der Waals surface area (Å²) in [5, 5.41) is 11.3. The maximum atomic E-state index is 11.9. The highest BCUT2D eigenvalue weighted by molar-refractivity contribution is 7.89. The van der Waals surface area contributed by atoms with E-state index in [0.29, 0.717) is 0 Å². The second-order valence-corrected chi connectivity index (χ2v) is 6.83. The number of carboxylic acids is 1. The topological polar surface area (TPSA) is 116 Å². The summed E-state index contributed by atoms with van der Waals surface area (Å²) in [6, 6.07) is 7.44. The molecule has 1 aromatic carbocycles. The van der Waals surface area contributed by atoms with E-state index in [9.17, 15) is 18.0 Å². The van der Waals surface area contributed by atoms with Crippen molar-refractivity contribution < 1.29 is 23.1 Å². The Labute approximate surface area is 135 Å². The van der Waals surface area contributed by atoms with E-state index in [-0.39, 0.29) is 24.5 Å². The summed E-state index contributed by atoms with van der Waals surface area (Å²) in [4.78, 5) is 23.9. The van der Waals surface area contributed by atoms with Crippen LogP contribution in [0.15, 0.2) is 35.2 Å². The van der Waals surface area contributed by atoms with Gasteiger partial charge in [-0.25, -0.2) is 17.9 Å². The van der Waals surface area contributed by atoms with Crippen LogP contribution in [0.4, 0.5) is 4.79 Å². The average molecular weight is 343 g/mol. The van der Waals surface area contributed by atoms with E-state index in [1.807, 2.05) is 0 Å². The van der Waals surface area contributed by atoms with Gasteiger partial charge in [-0.1, -0.05) is 25.1 Å². The number of carbonyl (C=O) groups is 2. The van der Waals surface area contributed by atoms with Gasteiger partial charge in [-0.2, -0.15) is 0 Å². The predicted octanol–water partition coefficient (Wildman–Crippen LogP) is 0.327. The molecule has 0 saturated heterocycles. The molecule has 0 aromatic heterocycles. The largest absolute Gasteiger partial charge is 0.481 e. The number of urea groups is 1. The second kappa shape index (κ2) is 8.49. The van der Waals surface area contributed by atoms with E-state index in [1.165, 1.54) is 31.0 Å². The van der Waals surface area contributed by atoms with Crippen LogP contribution in [-0.4, -0.2) is 57.1 Å². The van der Waals surface area contributed by atoms with E-state index >= 15 is 0 Å². The minimum Gasteiger partial charge on any atom is -0.481 e. The first kappa shape index (κ1) is 18.9. The molecular formula is C14H21N3O5S. The molecule has 0 radical (unpaired) electrons. The van der Waals surface area contributed by atoms with Crippen molar-refractivity contribution in [2.45, 2.75) is 11.8 Å². The second-order valence-electron chi connectivity index (χ2n) is 5.06. The molecule has 0 spiro atoms. The van der Waals surface area contributed by atoms with Gasteiger partial charge in [0.2, 0.25) is 10.0 Å². The molecule has 1 unspecified atom stereocenters. The molecule has 1 aromatic rings. The first-order valence-electron chi connectivity index (χ1n) is 7.00. The number of sulfonamides is 1. The van der Waals surface area contributed by atoms with Crippen molar-refractivity contribution in [3.63, 3.8) is 0 Å². The van der Waals surface area contributed by atoms with Crippen LogP contribution in [0.3, 0.4) is 0 Å². The Kier molecular flexibility index (Phi) is 6.98. The van der Waals surface area contributed by atoms with Crippen LogP contribution in [0.5, 0.6) is 0 Å². The van der Waals surface area contributed by atoms with Gasteiger partial charge in [-0.05, 0) is 12.1 Å². The fraction of sp³-hybridized carbons (Fsp3) is 0.429. The lowest BCUT2D eigenvalue weighted by Gasteiger charge is -2.20. The Hall–Kier alpha value is -2.13. The minimum absolute atomic E-state index is 0.0330. The molecule has 0 saturated carbocycles. The Morgan fingerprint density at radius 2 is 1.83 bits per heavy atom. The number of rotatable bonds is 8. The van der Waals surface area contributed by atoms with Crippen LogP contribution >= 0.6 is 0 Å². The molecule has 0 bridgehead atoms. The first-order valence-corrected chi connectivity index (χ1v) is 8.49. The number of benzene rings is 1. The Morgan fingerprint density at radius 1 is 1.22 bits per heavy atom. The molecule has 0 aliphatic rings. The van der Waals surface area contributed by atoms with Crippen LogP contribution in [0.2, 0.25) is 0 Å². The predicted molar refractivity (Wildman–Crippen MR) is 84.5 cm³/mol. The summed E-state index contributed by atoms with van der Waals surface area (Å²) >= 11 is 0. The molecule has 2 amide bonds. The molecule has 1 atom stereocenters. The molecule has 0 aliphatic carbocycles. The van der Waals surface area contributed by atoms with E-state index < -0.39 is 27.9 Å².